The van der Waals surface area contributed by atoms with Gasteiger partial charge >= 0.3 is 0 Å². The van der Waals surface area contributed by atoms with Gasteiger partial charge in [-0.05, 0) is 50.1 Å². The number of aromatic nitrogens is 1. The van der Waals surface area contributed by atoms with Crippen LogP contribution in [-0.2, 0) is 0 Å². The standard InChI is InChI=1S/C15H15NO/c1-10-6-7-13(9-11(10)2)15(17)14-5-4-8-16-12(14)3/h4-9H,1-3H3. The quantitative estimate of drug-likeness (QED) is 0.734. The van der Waals surface area contributed by atoms with E-state index in [4.69, 9.17) is 0 Å². The van der Waals surface area contributed by atoms with Gasteiger partial charge in [-0.2, -0.15) is 0 Å². The van der Waals surface area contributed by atoms with Gasteiger partial charge in [-0.15, -0.1) is 0 Å². The third-order valence-electron chi connectivity index (χ3n) is 3.02. The summed E-state index contributed by atoms with van der Waals surface area (Å²) in [7, 11) is 0. The number of carbonyl (C=O) groups is 1. The Bertz CT molecular complexity index is 573. The summed E-state index contributed by atoms with van der Waals surface area (Å²) in [5.74, 6) is 0.0405. The zero-order valence-electron chi connectivity index (χ0n) is 10.3. The number of nitrogens with zero attached hydrogens (tertiary/aromatic N) is 1. The average Bonchev–Trinajstić information content (AvgIpc) is 2.32. The van der Waals surface area contributed by atoms with E-state index in [-0.39, 0.29) is 5.78 Å². The fourth-order valence-corrected chi connectivity index (χ4v) is 1.76. The van der Waals surface area contributed by atoms with E-state index in [0.717, 1.165) is 16.8 Å². The van der Waals surface area contributed by atoms with Gasteiger partial charge in [-0.1, -0.05) is 12.1 Å². The predicted octanol–water partition coefficient (Wildman–Crippen LogP) is 3.24. The molecule has 0 bridgehead atoms. The van der Waals surface area contributed by atoms with Gasteiger partial charge < -0.3 is 0 Å². The van der Waals surface area contributed by atoms with Crippen molar-refractivity contribution in [2.75, 3.05) is 0 Å². The van der Waals surface area contributed by atoms with Gasteiger partial charge in [-0.3, -0.25) is 9.78 Å². The zero-order valence-corrected chi connectivity index (χ0v) is 10.3. The molecule has 86 valence electrons. The molecule has 1 aromatic heterocycles. The molecule has 0 spiro atoms. The summed E-state index contributed by atoms with van der Waals surface area (Å²) in [6.45, 7) is 5.91. The van der Waals surface area contributed by atoms with Crippen molar-refractivity contribution in [3.05, 3.63) is 64.5 Å². The monoisotopic (exact) mass is 225 g/mol. The van der Waals surface area contributed by atoms with Gasteiger partial charge in [0.1, 0.15) is 0 Å². The third-order valence-corrected chi connectivity index (χ3v) is 3.02. The van der Waals surface area contributed by atoms with Crippen molar-refractivity contribution < 1.29 is 4.79 Å². The molecule has 1 heterocycles. The molecule has 1 aromatic carbocycles. The fraction of sp³-hybridized carbons (Fsp3) is 0.200. The molecule has 0 saturated heterocycles. The highest BCUT2D eigenvalue weighted by atomic mass is 16.1. The predicted molar refractivity (Wildman–Crippen MR) is 68.3 cm³/mol. The van der Waals surface area contributed by atoms with Gasteiger partial charge in [0.25, 0.3) is 0 Å². The van der Waals surface area contributed by atoms with Gasteiger partial charge in [0, 0.05) is 23.0 Å². The molecule has 2 aromatic rings. The lowest BCUT2D eigenvalue weighted by atomic mass is 9.99. The van der Waals surface area contributed by atoms with E-state index in [9.17, 15) is 4.79 Å². The van der Waals surface area contributed by atoms with Crippen LogP contribution in [0.15, 0.2) is 36.5 Å². The second-order valence-corrected chi connectivity index (χ2v) is 4.26. The van der Waals surface area contributed by atoms with E-state index in [1.54, 1.807) is 12.3 Å². The average molecular weight is 225 g/mol. The smallest absolute Gasteiger partial charge is 0.194 e. The minimum absolute atomic E-state index is 0.0405. The Labute approximate surface area is 101 Å². The van der Waals surface area contributed by atoms with Gasteiger partial charge in [0.15, 0.2) is 5.78 Å². The summed E-state index contributed by atoms with van der Waals surface area (Å²) < 4.78 is 0. The maximum Gasteiger partial charge on any atom is 0.194 e. The van der Waals surface area contributed by atoms with Crippen LogP contribution in [0.5, 0.6) is 0 Å². The summed E-state index contributed by atoms with van der Waals surface area (Å²) in [6.07, 6.45) is 1.70. The number of hydrogen-bond donors (Lipinski definition) is 0. The number of carbonyl (C=O) groups excluding carboxylic acids is 1. The van der Waals surface area contributed by atoms with Crippen molar-refractivity contribution >= 4 is 5.78 Å². The Balaban J connectivity index is 2.44. The maximum absolute atomic E-state index is 12.3. The maximum atomic E-state index is 12.3. The largest absolute Gasteiger partial charge is 0.289 e. The molecular formula is C15H15NO. The minimum atomic E-state index is 0.0405. The van der Waals surface area contributed by atoms with E-state index in [2.05, 4.69) is 4.98 Å². The SMILES string of the molecule is Cc1ccc(C(=O)c2cccnc2C)cc1C. The molecule has 0 aliphatic rings. The second kappa shape index (κ2) is 4.50. The molecule has 0 N–H and O–H groups in total. The summed E-state index contributed by atoms with van der Waals surface area (Å²) in [5, 5.41) is 0. The van der Waals surface area contributed by atoms with Crippen LogP contribution >= 0.6 is 0 Å². The number of hydrogen-bond acceptors (Lipinski definition) is 2. The lowest BCUT2D eigenvalue weighted by molar-refractivity contribution is 0.103. The summed E-state index contributed by atoms with van der Waals surface area (Å²) >= 11 is 0. The van der Waals surface area contributed by atoms with E-state index >= 15 is 0 Å². The first-order valence-corrected chi connectivity index (χ1v) is 5.63. The third kappa shape index (κ3) is 2.26. The minimum Gasteiger partial charge on any atom is -0.289 e. The number of benzene rings is 1. The molecule has 0 atom stereocenters. The van der Waals surface area contributed by atoms with Crippen molar-refractivity contribution in [3.8, 4) is 0 Å². The van der Waals surface area contributed by atoms with Crippen molar-refractivity contribution in [3.63, 3.8) is 0 Å². The molecule has 0 radical (unpaired) electrons. The molecule has 0 aliphatic carbocycles. The van der Waals surface area contributed by atoms with Crippen LogP contribution in [-0.4, -0.2) is 10.8 Å². The molecule has 0 amide bonds. The lowest BCUT2D eigenvalue weighted by Gasteiger charge is -2.06. The van der Waals surface area contributed by atoms with Crippen LogP contribution in [0, 0.1) is 20.8 Å². The number of pyridine rings is 1. The van der Waals surface area contributed by atoms with E-state index in [0.29, 0.717) is 5.56 Å². The van der Waals surface area contributed by atoms with Gasteiger partial charge in [0.2, 0.25) is 0 Å². The van der Waals surface area contributed by atoms with Crippen molar-refractivity contribution in [2.24, 2.45) is 0 Å². The van der Waals surface area contributed by atoms with Crippen LogP contribution in [0.1, 0.15) is 32.7 Å². The Morgan fingerprint density at radius 3 is 2.47 bits per heavy atom. The molecule has 2 heteroatoms. The highest BCUT2D eigenvalue weighted by Crippen LogP contribution is 2.15. The Kier molecular flexibility index (Phi) is 3.05. The zero-order chi connectivity index (χ0) is 12.4. The Hall–Kier alpha value is -1.96. The molecule has 0 aliphatic heterocycles. The van der Waals surface area contributed by atoms with Gasteiger partial charge in [-0.25, -0.2) is 0 Å². The number of ketones is 1. The van der Waals surface area contributed by atoms with Crippen molar-refractivity contribution in [2.45, 2.75) is 20.8 Å². The van der Waals surface area contributed by atoms with Gasteiger partial charge in [0.05, 0.1) is 0 Å². The van der Waals surface area contributed by atoms with E-state index in [1.807, 2.05) is 45.0 Å². The first-order valence-electron chi connectivity index (χ1n) is 5.63. The normalized spacial score (nSPS) is 10.3. The molecular weight excluding hydrogens is 210 g/mol. The van der Waals surface area contributed by atoms with Crippen LogP contribution in [0.4, 0.5) is 0 Å². The summed E-state index contributed by atoms with van der Waals surface area (Å²) in [6, 6.07) is 9.40. The fourth-order valence-electron chi connectivity index (χ4n) is 1.76. The number of rotatable bonds is 2. The highest BCUT2D eigenvalue weighted by molar-refractivity contribution is 6.09. The van der Waals surface area contributed by atoms with E-state index < -0.39 is 0 Å². The molecule has 0 saturated carbocycles. The van der Waals surface area contributed by atoms with Crippen LogP contribution in [0.2, 0.25) is 0 Å². The van der Waals surface area contributed by atoms with E-state index in [1.165, 1.54) is 5.56 Å². The second-order valence-electron chi connectivity index (χ2n) is 4.26. The van der Waals surface area contributed by atoms with Crippen molar-refractivity contribution in [1.29, 1.82) is 0 Å². The van der Waals surface area contributed by atoms with Crippen LogP contribution < -0.4 is 0 Å². The van der Waals surface area contributed by atoms with Crippen LogP contribution in [0.25, 0.3) is 0 Å². The summed E-state index contributed by atoms with van der Waals surface area (Å²) in [5.41, 5.74) is 4.51. The topological polar surface area (TPSA) is 30.0 Å². The molecule has 17 heavy (non-hydrogen) atoms. The Morgan fingerprint density at radius 2 is 1.82 bits per heavy atom. The lowest BCUT2D eigenvalue weighted by Crippen LogP contribution is -2.05. The molecule has 2 nitrogen and oxygen atoms in total. The molecule has 0 fully saturated rings. The Morgan fingerprint density at radius 1 is 1.06 bits per heavy atom. The first kappa shape index (κ1) is 11.5. The molecule has 0 unspecified atom stereocenters. The summed E-state index contributed by atoms with van der Waals surface area (Å²) in [4.78, 5) is 16.4. The first-order chi connectivity index (χ1) is 8.09. The molecule has 2 rings (SSSR count). The van der Waals surface area contributed by atoms with Crippen molar-refractivity contribution in [1.82, 2.24) is 4.98 Å². The number of aryl methyl sites for hydroxylation is 3. The highest BCUT2D eigenvalue weighted by Gasteiger charge is 2.12. The van der Waals surface area contributed by atoms with Crippen LogP contribution in [0.3, 0.4) is 0 Å².